The van der Waals surface area contributed by atoms with Gasteiger partial charge in [-0.1, -0.05) is 26.0 Å². The summed E-state index contributed by atoms with van der Waals surface area (Å²) in [4.78, 5) is 35.1. The zero-order valence-corrected chi connectivity index (χ0v) is 12.8. The molecule has 0 bridgehead atoms. The maximum atomic E-state index is 12.3. The van der Waals surface area contributed by atoms with Crippen LogP contribution in [0.4, 0.5) is 5.69 Å². The molecule has 1 amide bonds. The van der Waals surface area contributed by atoms with Gasteiger partial charge in [-0.25, -0.2) is 0 Å². The van der Waals surface area contributed by atoms with Gasteiger partial charge in [-0.2, -0.15) is 0 Å². The van der Waals surface area contributed by atoms with E-state index in [9.17, 15) is 14.4 Å². The molecule has 0 atom stereocenters. The van der Waals surface area contributed by atoms with Crippen molar-refractivity contribution < 1.29 is 24.6 Å². The maximum absolute atomic E-state index is 12.3. The van der Waals surface area contributed by atoms with E-state index in [0.29, 0.717) is 17.7 Å². The highest BCUT2D eigenvalue weighted by Gasteiger charge is 2.18. The van der Waals surface area contributed by atoms with Crippen LogP contribution < -0.4 is 4.90 Å². The molecule has 22 heavy (non-hydrogen) atoms. The van der Waals surface area contributed by atoms with E-state index in [-0.39, 0.29) is 31.2 Å². The molecule has 0 unspecified atom stereocenters. The number of rotatable bonds is 8. The number of carbonyl (C=O) groups excluding carboxylic acids is 1. The number of benzene rings is 1. The summed E-state index contributed by atoms with van der Waals surface area (Å²) in [6.07, 6.45) is 0.104. The molecule has 0 spiro atoms. The Morgan fingerprint density at radius 1 is 1.05 bits per heavy atom. The summed E-state index contributed by atoms with van der Waals surface area (Å²) in [7, 11) is 0. The minimum atomic E-state index is -0.968. The number of carboxylic acids is 2. The maximum Gasteiger partial charge on any atom is 0.307 e. The Morgan fingerprint density at radius 3 is 2.09 bits per heavy atom. The molecule has 0 aliphatic heterocycles. The van der Waals surface area contributed by atoms with E-state index in [1.54, 1.807) is 24.3 Å². The van der Waals surface area contributed by atoms with Crippen LogP contribution in [0.3, 0.4) is 0 Å². The summed E-state index contributed by atoms with van der Waals surface area (Å²) < 4.78 is 0. The van der Waals surface area contributed by atoms with E-state index in [1.165, 1.54) is 4.90 Å². The Hall–Kier alpha value is -2.37. The van der Waals surface area contributed by atoms with Crippen molar-refractivity contribution in [3.63, 3.8) is 0 Å². The number of anilines is 1. The average Bonchev–Trinajstić information content (AvgIpc) is 2.39. The van der Waals surface area contributed by atoms with Crippen LogP contribution in [0.2, 0.25) is 0 Å². The largest absolute Gasteiger partial charge is 0.481 e. The zero-order chi connectivity index (χ0) is 16.7. The molecule has 120 valence electrons. The Kier molecular flexibility index (Phi) is 6.56. The molecule has 0 saturated carbocycles. The summed E-state index contributed by atoms with van der Waals surface area (Å²) in [6.45, 7) is 3.94. The van der Waals surface area contributed by atoms with E-state index < -0.39 is 11.9 Å². The van der Waals surface area contributed by atoms with Crippen LogP contribution >= 0.6 is 0 Å². The molecule has 0 saturated heterocycles. The number of nitrogens with zero attached hydrogens (tertiary/aromatic N) is 1. The zero-order valence-electron chi connectivity index (χ0n) is 12.8. The van der Waals surface area contributed by atoms with E-state index in [0.717, 1.165) is 0 Å². The summed E-state index contributed by atoms with van der Waals surface area (Å²) in [6, 6.07) is 6.58. The summed E-state index contributed by atoms with van der Waals surface area (Å²) in [5.74, 6) is -1.86. The quantitative estimate of drug-likeness (QED) is 0.767. The third kappa shape index (κ3) is 5.95. The normalized spacial score (nSPS) is 10.5. The molecule has 0 heterocycles. The summed E-state index contributed by atoms with van der Waals surface area (Å²) in [5.41, 5.74) is 1.21. The number of amides is 1. The van der Waals surface area contributed by atoms with Crippen molar-refractivity contribution in [2.24, 2.45) is 5.92 Å². The highest BCUT2D eigenvalue weighted by atomic mass is 16.4. The molecule has 6 heteroatoms. The Labute approximate surface area is 129 Å². The van der Waals surface area contributed by atoms with Crippen LogP contribution in [0.1, 0.15) is 32.3 Å². The van der Waals surface area contributed by atoms with Crippen molar-refractivity contribution in [2.45, 2.75) is 33.1 Å². The Morgan fingerprint density at radius 2 is 1.64 bits per heavy atom. The van der Waals surface area contributed by atoms with Crippen LogP contribution in [-0.2, 0) is 20.8 Å². The van der Waals surface area contributed by atoms with E-state index in [4.69, 9.17) is 10.2 Å². The van der Waals surface area contributed by atoms with Gasteiger partial charge in [0.1, 0.15) is 0 Å². The first kappa shape index (κ1) is 17.7. The highest BCUT2D eigenvalue weighted by molar-refractivity contribution is 5.94. The lowest BCUT2D eigenvalue weighted by Crippen LogP contribution is -2.33. The molecule has 1 aromatic rings. The van der Waals surface area contributed by atoms with E-state index in [2.05, 4.69) is 0 Å². The van der Waals surface area contributed by atoms with Crippen LogP contribution in [0.25, 0.3) is 0 Å². The first-order valence-corrected chi connectivity index (χ1v) is 7.12. The smallest absolute Gasteiger partial charge is 0.307 e. The molecule has 2 N–H and O–H groups in total. The fourth-order valence-corrected chi connectivity index (χ4v) is 2.03. The van der Waals surface area contributed by atoms with Crippen molar-refractivity contribution >= 4 is 23.5 Å². The lowest BCUT2D eigenvalue weighted by Gasteiger charge is -2.23. The van der Waals surface area contributed by atoms with Crippen LogP contribution in [0.5, 0.6) is 0 Å². The minimum absolute atomic E-state index is 0.0879. The molecule has 6 nitrogen and oxygen atoms in total. The second-order valence-corrected chi connectivity index (χ2v) is 5.52. The molecular weight excluding hydrogens is 286 g/mol. The van der Waals surface area contributed by atoms with Gasteiger partial charge in [0.2, 0.25) is 5.91 Å². The SMILES string of the molecule is CC(C)CC(=O)N(CCC(=O)O)c1ccc(CC(=O)O)cc1. The number of aliphatic carboxylic acids is 2. The van der Waals surface area contributed by atoms with Crippen LogP contribution in [0.15, 0.2) is 24.3 Å². The van der Waals surface area contributed by atoms with Gasteiger partial charge in [0, 0.05) is 18.7 Å². The third-order valence-corrected chi connectivity index (χ3v) is 3.04. The molecule has 1 rings (SSSR count). The third-order valence-electron chi connectivity index (χ3n) is 3.04. The summed E-state index contributed by atoms with van der Waals surface area (Å²) >= 11 is 0. The second kappa shape index (κ2) is 8.17. The fourth-order valence-electron chi connectivity index (χ4n) is 2.03. The van der Waals surface area contributed by atoms with Crippen molar-refractivity contribution in [1.29, 1.82) is 0 Å². The first-order chi connectivity index (χ1) is 10.3. The van der Waals surface area contributed by atoms with Gasteiger partial charge in [-0.15, -0.1) is 0 Å². The number of hydrogen-bond donors (Lipinski definition) is 2. The average molecular weight is 307 g/mol. The Bertz CT molecular complexity index is 536. The molecule has 0 aliphatic carbocycles. The first-order valence-electron chi connectivity index (χ1n) is 7.12. The molecule has 0 radical (unpaired) electrons. The standard InChI is InChI=1S/C16H21NO5/c1-11(2)9-14(18)17(8-7-15(19)20)13-5-3-12(4-6-13)10-16(21)22/h3-6,11H,7-10H2,1-2H3,(H,19,20)(H,21,22). The van der Waals surface area contributed by atoms with Crippen LogP contribution in [-0.4, -0.2) is 34.6 Å². The predicted molar refractivity (Wildman–Crippen MR) is 81.8 cm³/mol. The lowest BCUT2D eigenvalue weighted by atomic mass is 10.1. The topological polar surface area (TPSA) is 94.9 Å². The molecular formula is C16H21NO5. The van der Waals surface area contributed by atoms with Crippen molar-refractivity contribution in [2.75, 3.05) is 11.4 Å². The van der Waals surface area contributed by atoms with Crippen molar-refractivity contribution in [1.82, 2.24) is 0 Å². The molecule has 0 aromatic heterocycles. The number of hydrogen-bond acceptors (Lipinski definition) is 3. The van der Waals surface area contributed by atoms with Gasteiger partial charge in [0.05, 0.1) is 12.8 Å². The van der Waals surface area contributed by atoms with Gasteiger partial charge in [0.15, 0.2) is 0 Å². The minimum Gasteiger partial charge on any atom is -0.481 e. The number of carboxylic acid groups (broad SMARTS) is 2. The molecule has 0 aliphatic rings. The van der Waals surface area contributed by atoms with Gasteiger partial charge in [-0.3, -0.25) is 14.4 Å². The fraction of sp³-hybridized carbons (Fsp3) is 0.438. The van der Waals surface area contributed by atoms with E-state index in [1.807, 2.05) is 13.8 Å². The van der Waals surface area contributed by atoms with Gasteiger partial charge < -0.3 is 15.1 Å². The molecule has 1 aromatic carbocycles. The van der Waals surface area contributed by atoms with Gasteiger partial charge in [0.25, 0.3) is 0 Å². The Balaban J connectivity index is 2.91. The second-order valence-electron chi connectivity index (χ2n) is 5.52. The van der Waals surface area contributed by atoms with Crippen LogP contribution in [0, 0.1) is 5.92 Å². The monoisotopic (exact) mass is 307 g/mol. The predicted octanol–water partition coefficient (Wildman–Crippen LogP) is 2.17. The van der Waals surface area contributed by atoms with Crippen molar-refractivity contribution in [3.8, 4) is 0 Å². The van der Waals surface area contributed by atoms with Crippen molar-refractivity contribution in [3.05, 3.63) is 29.8 Å². The lowest BCUT2D eigenvalue weighted by molar-refractivity contribution is -0.137. The molecule has 0 fully saturated rings. The summed E-state index contributed by atoms with van der Waals surface area (Å²) in [5, 5.41) is 17.6. The number of carbonyl (C=O) groups is 3. The van der Waals surface area contributed by atoms with Gasteiger partial charge >= 0.3 is 11.9 Å². The highest BCUT2D eigenvalue weighted by Crippen LogP contribution is 2.18. The van der Waals surface area contributed by atoms with E-state index >= 15 is 0 Å². The van der Waals surface area contributed by atoms with Gasteiger partial charge in [-0.05, 0) is 23.6 Å².